The van der Waals surface area contributed by atoms with Gasteiger partial charge >= 0.3 is 0 Å². The fraction of sp³-hybridized carbons (Fsp3) is 0.556. The van der Waals surface area contributed by atoms with Crippen molar-refractivity contribution >= 4 is 11.7 Å². The Bertz CT molecular complexity index is 789. The first-order valence-electron chi connectivity index (χ1n) is 9.37. The fourth-order valence-corrected chi connectivity index (χ4v) is 3.49. The molecule has 2 saturated heterocycles. The summed E-state index contributed by atoms with van der Waals surface area (Å²) in [4.78, 5) is 25.5. The van der Waals surface area contributed by atoms with Gasteiger partial charge in [-0.3, -0.25) is 9.48 Å². The van der Waals surface area contributed by atoms with Crippen LogP contribution in [-0.2, 0) is 11.3 Å². The number of amides is 1. The van der Waals surface area contributed by atoms with Gasteiger partial charge in [0.1, 0.15) is 11.8 Å². The molecule has 2 aliphatic rings. The van der Waals surface area contributed by atoms with E-state index >= 15 is 0 Å². The molecule has 0 aliphatic carbocycles. The van der Waals surface area contributed by atoms with E-state index < -0.39 is 0 Å². The van der Waals surface area contributed by atoms with Gasteiger partial charge < -0.3 is 19.3 Å². The Morgan fingerprint density at radius 2 is 2.04 bits per heavy atom. The average molecular weight is 372 g/mol. The van der Waals surface area contributed by atoms with Gasteiger partial charge in [-0.15, -0.1) is 0 Å². The maximum Gasteiger partial charge on any atom is 0.272 e. The van der Waals surface area contributed by atoms with E-state index in [-0.39, 0.29) is 12.0 Å². The predicted octanol–water partition coefficient (Wildman–Crippen LogP) is 0.823. The van der Waals surface area contributed by atoms with Gasteiger partial charge in [-0.2, -0.15) is 5.10 Å². The second-order valence-electron chi connectivity index (χ2n) is 6.60. The number of hydrogen-bond acceptors (Lipinski definition) is 7. The lowest BCUT2D eigenvalue weighted by Crippen LogP contribution is -2.37. The number of hydrogen-bond donors (Lipinski definition) is 0. The van der Waals surface area contributed by atoms with Crippen molar-refractivity contribution in [2.45, 2.75) is 26.0 Å². The van der Waals surface area contributed by atoms with Gasteiger partial charge in [0, 0.05) is 51.2 Å². The number of carbonyl (C=O) groups is 1. The van der Waals surface area contributed by atoms with Crippen LogP contribution in [0.4, 0.5) is 5.82 Å². The minimum Gasteiger partial charge on any atom is -0.470 e. The summed E-state index contributed by atoms with van der Waals surface area (Å²) in [5, 5.41) is 4.18. The van der Waals surface area contributed by atoms with E-state index in [0.29, 0.717) is 44.4 Å². The average Bonchev–Trinajstić information content (AvgIpc) is 3.38. The molecule has 4 heterocycles. The van der Waals surface area contributed by atoms with Gasteiger partial charge in [0.2, 0.25) is 0 Å². The summed E-state index contributed by atoms with van der Waals surface area (Å²) in [6.45, 7) is 6.72. The Morgan fingerprint density at radius 1 is 1.22 bits per heavy atom. The van der Waals surface area contributed by atoms with Crippen molar-refractivity contribution in [1.29, 1.82) is 0 Å². The summed E-state index contributed by atoms with van der Waals surface area (Å²) in [5.41, 5.74) is 0.617. The van der Waals surface area contributed by atoms with E-state index in [4.69, 9.17) is 9.47 Å². The Labute approximate surface area is 157 Å². The number of rotatable bonds is 5. The first-order chi connectivity index (χ1) is 13.3. The molecule has 0 aromatic carbocycles. The van der Waals surface area contributed by atoms with Crippen molar-refractivity contribution in [2.24, 2.45) is 0 Å². The first kappa shape index (κ1) is 17.7. The van der Waals surface area contributed by atoms with Crippen LogP contribution in [0.1, 0.15) is 23.8 Å². The van der Waals surface area contributed by atoms with Crippen molar-refractivity contribution in [1.82, 2.24) is 24.6 Å². The monoisotopic (exact) mass is 372 g/mol. The third kappa shape index (κ3) is 3.73. The van der Waals surface area contributed by atoms with Crippen LogP contribution in [0.3, 0.4) is 0 Å². The molecule has 1 unspecified atom stereocenters. The molecule has 27 heavy (non-hydrogen) atoms. The number of anilines is 1. The summed E-state index contributed by atoms with van der Waals surface area (Å²) in [6, 6.07) is 1.76. The second-order valence-corrected chi connectivity index (χ2v) is 6.60. The Morgan fingerprint density at radius 3 is 2.85 bits per heavy atom. The number of aryl methyl sites for hydroxylation is 1. The molecule has 1 amide bonds. The minimum absolute atomic E-state index is 0.00648. The lowest BCUT2D eigenvalue weighted by atomic mass is 10.3. The number of carbonyl (C=O) groups excluding carboxylic acids is 1. The van der Waals surface area contributed by atoms with Crippen LogP contribution in [0.2, 0.25) is 0 Å². The molecule has 2 aromatic heterocycles. The van der Waals surface area contributed by atoms with Gasteiger partial charge in [0.15, 0.2) is 5.82 Å². The lowest BCUT2D eigenvalue weighted by Gasteiger charge is -2.29. The number of ether oxygens (including phenoxy) is 2. The van der Waals surface area contributed by atoms with Crippen molar-refractivity contribution < 1.29 is 14.3 Å². The Hall–Kier alpha value is -2.68. The SMILES string of the molecule is CCn1nccc1C(=O)N1CCC(Oc2nccnc2N2CCOCC2)C1. The van der Waals surface area contributed by atoms with Crippen molar-refractivity contribution in [2.75, 3.05) is 44.3 Å². The number of likely N-dealkylation sites (tertiary alicyclic amines) is 1. The highest BCUT2D eigenvalue weighted by Gasteiger charge is 2.31. The fourth-order valence-electron chi connectivity index (χ4n) is 3.49. The lowest BCUT2D eigenvalue weighted by molar-refractivity contribution is 0.0758. The molecular formula is C18H24N6O3. The smallest absolute Gasteiger partial charge is 0.272 e. The highest BCUT2D eigenvalue weighted by Crippen LogP contribution is 2.26. The van der Waals surface area contributed by atoms with Crippen molar-refractivity contribution in [3.63, 3.8) is 0 Å². The molecular weight excluding hydrogens is 348 g/mol. The number of morpholine rings is 1. The molecule has 0 saturated carbocycles. The van der Waals surface area contributed by atoms with Crippen LogP contribution in [0.15, 0.2) is 24.7 Å². The zero-order chi connectivity index (χ0) is 18.6. The van der Waals surface area contributed by atoms with Gasteiger partial charge in [0.05, 0.1) is 19.8 Å². The van der Waals surface area contributed by atoms with E-state index in [2.05, 4.69) is 20.0 Å². The molecule has 0 radical (unpaired) electrons. The third-order valence-electron chi connectivity index (χ3n) is 4.90. The van der Waals surface area contributed by atoms with Crippen LogP contribution >= 0.6 is 0 Å². The quantitative estimate of drug-likeness (QED) is 0.768. The molecule has 9 heteroatoms. The van der Waals surface area contributed by atoms with Gasteiger partial charge in [-0.25, -0.2) is 9.97 Å². The standard InChI is InChI=1S/C18H24N6O3/c1-2-24-15(3-5-21-24)18(25)23-8-4-14(13-23)27-17-16(19-6-7-20-17)22-9-11-26-12-10-22/h3,5-7,14H,2,4,8-13H2,1H3. The normalized spacial score (nSPS) is 20.1. The van der Waals surface area contributed by atoms with Crippen LogP contribution < -0.4 is 9.64 Å². The van der Waals surface area contributed by atoms with Gasteiger partial charge in [0.25, 0.3) is 11.8 Å². The van der Waals surface area contributed by atoms with Crippen LogP contribution in [0, 0.1) is 0 Å². The molecule has 1 atom stereocenters. The topological polar surface area (TPSA) is 85.6 Å². The number of nitrogens with zero attached hydrogens (tertiary/aromatic N) is 6. The van der Waals surface area contributed by atoms with E-state index in [0.717, 1.165) is 25.3 Å². The summed E-state index contributed by atoms with van der Waals surface area (Å²) >= 11 is 0. The molecule has 2 aromatic rings. The molecule has 0 bridgehead atoms. The maximum atomic E-state index is 12.8. The molecule has 2 aliphatic heterocycles. The van der Waals surface area contributed by atoms with E-state index in [1.807, 2.05) is 11.8 Å². The molecule has 9 nitrogen and oxygen atoms in total. The predicted molar refractivity (Wildman–Crippen MR) is 97.9 cm³/mol. The molecule has 2 fully saturated rings. The summed E-state index contributed by atoms with van der Waals surface area (Å²) in [7, 11) is 0. The summed E-state index contributed by atoms with van der Waals surface area (Å²) < 4.78 is 13.3. The van der Waals surface area contributed by atoms with Gasteiger partial charge in [-0.05, 0) is 13.0 Å². The maximum absolute atomic E-state index is 12.8. The van der Waals surface area contributed by atoms with Crippen molar-refractivity contribution in [3.05, 3.63) is 30.4 Å². The zero-order valence-corrected chi connectivity index (χ0v) is 15.5. The van der Waals surface area contributed by atoms with Crippen LogP contribution in [-0.4, -0.2) is 76.1 Å². The molecule has 0 spiro atoms. The van der Waals surface area contributed by atoms with Crippen LogP contribution in [0.5, 0.6) is 5.88 Å². The first-order valence-corrected chi connectivity index (χ1v) is 9.37. The second kappa shape index (κ2) is 7.91. The Balaban J connectivity index is 1.42. The molecule has 4 rings (SSSR count). The van der Waals surface area contributed by atoms with E-state index in [1.54, 1.807) is 29.3 Å². The van der Waals surface area contributed by atoms with E-state index in [9.17, 15) is 4.79 Å². The van der Waals surface area contributed by atoms with Gasteiger partial charge in [-0.1, -0.05) is 0 Å². The highest BCUT2D eigenvalue weighted by atomic mass is 16.5. The van der Waals surface area contributed by atoms with Crippen molar-refractivity contribution in [3.8, 4) is 5.88 Å². The molecule has 0 N–H and O–H groups in total. The van der Waals surface area contributed by atoms with Crippen LogP contribution in [0.25, 0.3) is 0 Å². The minimum atomic E-state index is -0.0940. The Kier molecular flexibility index (Phi) is 5.19. The number of aromatic nitrogens is 4. The molecule has 144 valence electrons. The summed E-state index contributed by atoms with van der Waals surface area (Å²) in [6.07, 6.45) is 5.65. The third-order valence-corrected chi connectivity index (χ3v) is 4.90. The zero-order valence-electron chi connectivity index (χ0n) is 15.5. The van der Waals surface area contributed by atoms with E-state index in [1.165, 1.54) is 0 Å². The summed E-state index contributed by atoms with van der Waals surface area (Å²) in [5.74, 6) is 1.26. The highest BCUT2D eigenvalue weighted by molar-refractivity contribution is 5.92. The largest absolute Gasteiger partial charge is 0.470 e.